The third-order valence-corrected chi connectivity index (χ3v) is 6.69. The lowest BCUT2D eigenvalue weighted by molar-refractivity contribution is -0.385. The lowest BCUT2D eigenvalue weighted by Gasteiger charge is -2.19. The number of benzene rings is 2. The quantitative estimate of drug-likeness (QED) is 0.562. The van der Waals surface area contributed by atoms with Gasteiger partial charge in [0.05, 0.1) is 10.7 Å². The van der Waals surface area contributed by atoms with Crippen molar-refractivity contribution in [3.05, 3.63) is 57.6 Å². The van der Waals surface area contributed by atoms with Gasteiger partial charge in [0.1, 0.15) is 18.5 Å². The number of rotatable bonds is 6. The van der Waals surface area contributed by atoms with E-state index in [1.807, 2.05) is 0 Å². The minimum Gasteiger partial charge on any atom is -0.486 e. The Morgan fingerprint density at radius 3 is 2.59 bits per heavy atom. The van der Waals surface area contributed by atoms with E-state index in [0.29, 0.717) is 30.4 Å². The van der Waals surface area contributed by atoms with Crippen molar-refractivity contribution >= 4 is 27.1 Å². The number of carbonyl (C=O) groups excluding carboxylic acids is 1. The molecule has 154 valence electrons. The molecule has 1 heterocycles. The number of hydrogen-bond donors (Lipinski definition) is 1. The van der Waals surface area contributed by atoms with Crippen molar-refractivity contribution in [3.8, 4) is 11.5 Å². The number of sulfone groups is 1. The number of nitro groups is 1. The highest BCUT2D eigenvalue weighted by atomic mass is 32.2. The van der Waals surface area contributed by atoms with Crippen LogP contribution in [0.5, 0.6) is 11.5 Å². The molecule has 0 spiro atoms. The molecule has 0 saturated heterocycles. The van der Waals surface area contributed by atoms with Crippen molar-refractivity contribution in [2.24, 2.45) is 0 Å². The SMILES string of the molecule is Cc1c(CS(=O)(=O)[C@H](C)C(=O)Nc2ccc3c(c2)OCCO3)cccc1[N+](=O)[O-]. The predicted molar refractivity (Wildman–Crippen MR) is 106 cm³/mol. The van der Waals surface area contributed by atoms with Gasteiger partial charge in [0.2, 0.25) is 5.91 Å². The Balaban J connectivity index is 1.75. The summed E-state index contributed by atoms with van der Waals surface area (Å²) in [5.41, 5.74) is 0.776. The Morgan fingerprint density at radius 1 is 1.21 bits per heavy atom. The highest BCUT2D eigenvalue weighted by molar-refractivity contribution is 7.92. The fraction of sp³-hybridized carbons (Fsp3) is 0.316. The second kappa shape index (κ2) is 8.08. The van der Waals surface area contributed by atoms with Crippen molar-refractivity contribution in [2.75, 3.05) is 18.5 Å². The molecule has 2 aromatic rings. The minimum absolute atomic E-state index is 0.161. The first-order valence-corrected chi connectivity index (χ1v) is 10.6. The van der Waals surface area contributed by atoms with Crippen LogP contribution in [-0.2, 0) is 20.4 Å². The Labute approximate surface area is 167 Å². The van der Waals surface area contributed by atoms with Crippen LogP contribution in [0.15, 0.2) is 36.4 Å². The number of hydrogen-bond acceptors (Lipinski definition) is 7. The number of carbonyl (C=O) groups is 1. The van der Waals surface area contributed by atoms with E-state index < -0.39 is 31.7 Å². The van der Waals surface area contributed by atoms with Crippen LogP contribution in [0.3, 0.4) is 0 Å². The first-order valence-electron chi connectivity index (χ1n) is 8.84. The summed E-state index contributed by atoms with van der Waals surface area (Å²) < 4.78 is 36.3. The fourth-order valence-electron chi connectivity index (χ4n) is 2.89. The van der Waals surface area contributed by atoms with E-state index in [4.69, 9.17) is 9.47 Å². The molecule has 10 heteroatoms. The van der Waals surface area contributed by atoms with Gasteiger partial charge in [-0.1, -0.05) is 12.1 Å². The molecule has 1 amide bonds. The van der Waals surface area contributed by atoms with Crippen LogP contribution in [0, 0.1) is 17.0 Å². The average Bonchev–Trinajstić information content (AvgIpc) is 2.68. The second-order valence-electron chi connectivity index (χ2n) is 6.62. The maximum Gasteiger partial charge on any atom is 0.272 e. The van der Waals surface area contributed by atoms with E-state index in [1.54, 1.807) is 18.2 Å². The molecule has 0 aromatic heterocycles. The van der Waals surface area contributed by atoms with E-state index in [9.17, 15) is 23.3 Å². The molecule has 0 unspecified atom stereocenters. The molecule has 1 N–H and O–H groups in total. The van der Waals surface area contributed by atoms with Crippen LogP contribution in [0.1, 0.15) is 18.1 Å². The monoisotopic (exact) mass is 420 g/mol. The van der Waals surface area contributed by atoms with Crippen LogP contribution < -0.4 is 14.8 Å². The third kappa shape index (κ3) is 4.48. The van der Waals surface area contributed by atoms with Crippen LogP contribution >= 0.6 is 0 Å². The smallest absolute Gasteiger partial charge is 0.272 e. The molecule has 29 heavy (non-hydrogen) atoms. The topological polar surface area (TPSA) is 125 Å². The molecule has 0 saturated carbocycles. The highest BCUT2D eigenvalue weighted by Gasteiger charge is 2.30. The number of nitrogens with one attached hydrogen (secondary N) is 1. The largest absolute Gasteiger partial charge is 0.486 e. The third-order valence-electron chi connectivity index (χ3n) is 4.69. The molecule has 3 rings (SSSR count). The molecule has 0 aliphatic carbocycles. The van der Waals surface area contributed by atoms with Gasteiger partial charge in [0.25, 0.3) is 5.69 Å². The molecule has 2 aromatic carbocycles. The van der Waals surface area contributed by atoms with Gasteiger partial charge in [-0.2, -0.15) is 0 Å². The molecular formula is C19H20N2O7S. The first kappa shape index (κ1) is 20.6. The van der Waals surface area contributed by atoms with Gasteiger partial charge in [-0.15, -0.1) is 0 Å². The van der Waals surface area contributed by atoms with Crippen molar-refractivity contribution < 1.29 is 27.6 Å². The maximum absolute atomic E-state index is 12.7. The van der Waals surface area contributed by atoms with Gasteiger partial charge in [0, 0.05) is 23.4 Å². The van der Waals surface area contributed by atoms with Gasteiger partial charge < -0.3 is 14.8 Å². The lowest BCUT2D eigenvalue weighted by atomic mass is 10.1. The summed E-state index contributed by atoms with van der Waals surface area (Å²) in [4.78, 5) is 23.0. The van der Waals surface area contributed by atoms with Gasteiger partial charge >= 0.3 is 0 Å². The van der Waals surface area contributed by atoms with E-state index in [1.165, 1.54) is 32.0 Å². The number of nitrogens with zero attached hydrogens (tertiary/aromatic N) is 1. The zero-order valence-corrected chi connectivity index (χ0v) is 16.7. The summed E-state index contributed by atoms with van der Waals surface area (Å²) in [6.45, 7) is 3.60. The van der Waals surface area contributed by atoms with E-state index in [0.717, 1.165) is 0 Å². The number of ether oxygens (including phenoxy) is 2. The van der Waals surface area contributed by atoms with E-state index in [-0.39, 0.29) is 16.8 Å². The Morgan fingerprint density at radius 2 is 1.90 bits per heavy atom. The molecular weight excluding hydrogens is 400 g/mol. The summed E-state index contributed by atoms with van der Waals surface area (Å²) in [5, 5.41) is 12.3. The van der Waals surface area contributed by atoms with Crippen LogP contribution in [0.25, 0.3) is 0 Å². The van der Waals surface area contributed by atoms with E-state index >= 15 is 0 Å². The van der Waals surface area contributed by atoms with Gasteiger partial charge in [-0.3, -0.25) is 14.9 Å². The fourth-order valence-corrected chi connectivity index (χ4v) is 4.28. The molecule has 0 fully saturated rings. The van der Waals surface area contributed by atoms with Gasteiger partial charge in [-0.05, 0) is 31.5 Å². The Kier molecular flexibility index (Phi) is 5.73. The molecule has 1 aliphatic rings. The normalized spacial score (nSPS) is 14.1. The summed E-state index contributed by atoms with van der Waals surface area (Å²) in [6, 6.07) is 9.03. The molecule has 9 nitrogen and oxygen atoms in total. The van der Waals surface area contributed by atoms with Crippen molar-refractivity contribution in [1.29, 1.82) is 0 Å². The Bertz CT molecular complexity index is 1070. The minimum atomic E-state index is -3.91. The summed E-state index contributed by atoms with van der Waals surface area (Å²) >= 11 is 0. The number of amides is 1. The predicted octanol–water partition coefficient (Wildman–Crippen LogP) is 2.62. The highest BCUT2D eigenvalue weighted by Crippen LogP contribution is 2.32. The van der Waals surface area contributed by atoms with Crippen LogP contribution in [0.4, 0.5) is 11.4 Å². The number of fused-ring (bicyclic) bond motifs is 1. The van der Waals surface area contributed by atoms with Crippen molar-refractivity contribution in [2.45, 2.75) is 24.9 Å². The van der Waals surface area contributed by atoms with Gasteiger partial charge in [0.15, 0.2) is 21.3 Å². The summed E-state index contributed by atoms with van der Waals surface area (Å²) in [5.74, 6) is -0.159. The maximum atomic E-state index is 12.7. The first-order chi connectivity index (χ1) is 13.7. The van der Waals surface area contributed by atoms with Crippen LogP contribution in [-0.4, -0.2) is 37.7 Å². The average molecular weight is 420 g/mol. The van der Waals surface area contributed by atoms with Gasteiger partial charge in [-0.25, -0.2) is 8.42 Å². The van der Waals surface area contributed by atoms with Crippen molar-refractivity contribution in [3.63, 3.8) is 0 Å². The molecule has 0 radical (unpaired) electrons. The lowest BCUT2D eigenvalue weighted by Crippen LogP contribution is -2.33. The van der Waals surface area contributed by atoms with E-state index in [2.05, 4.69) is 5.32 Å². The molecule has 1 aliphatic heterocycles. The number of nitro benzene ring substituents is 1. The van der Waals surface area contributed by atoms with Crippen LogP contribution in [0.2, 0.25) is 0 Å². The van der Waals surface area contributed by atoms with Crippen molar-refractivity contribution in [1.82, 2.24) is 0 Å². The second-order valence-corrected chi connectivity index (χ2v) is 8.94. The molecule has 0 bridgehead atoms. The summed E-state index contributed by atoms with van der Waals surface area (Å²) in [6.07, 6.45) is 0. The molecule has 1 atom stereocenters. The summed E-state index contributed by atoms with van der Waals surface area (Å²) in [7, 11) is -3.91. The zero-order chi connectivity index (χ0) is 21.2. The number of anilines is 1. The standard InChI is InChI=1S/C19H20N2O7S/c1-12-14(4-3-5-16(12)21(23)24)11-29(25,26)13(2)19(22)20-15-6-7-17-18(10-15)28-9-8-27-17/h3-7,10,13H,8-9,11H2,1-2H3,(H,20,22)/t13-/m1/s1. The Hall–Kier alpha value is -3.14. The zero-order valence-electron chi connectivity index (χ0n) is 15.9.